The van der Waals surface area contributed by atoms with Crippen molar-refractivity contribution in [3.63, 3.8) is 0 Å². The molecule has 3 heterocycles. The molecule has 7 nitrogen and oxygen atoms in total. The lowest BCUT2D eigenvalue weighted by atomic mass is 10.0. The second-order valence-electron chi connectivity index (χ2n) is 9.05. The van der Waals surface area contributed by atoms with Crippen LogP contribution in [0, 0.1) is 5.82 Å². The summed E-state index contributed by atoms with van der Waals surface area (Å²) in [5.41, 5.74) is 0.544. The Morgan fingerprint density at radius 2 is 1.74 bits per heavy atom. The summed E-state index contributed by atoms with van der Waals surface area (Å²) in [6.07, 6.45) is -2.96. The number of halogens is 4. The van der Waals surface area contributed by atoms with Gasteiger partial charge in [0.2, 0.25) is 0 Å². The standard InChI is InChI=1S/C23H25F4N7/c1-12-9-34(10-13(2)28-12)16-7-17(23(25,26)27)20-19(8-16)33(4)31-22(20)29-15-5-14-11-32(3)30-21(14)18(24)6-15/h5-8,11-13,28H,9-10H2,1-4H3,(H,29,31)/t12-,13-/m0/s1. The van der Waals surface area contributed by atoms with E-state index in [4.69, 9.17) is 0 Å². The molecular weight excluding hydrogens is 450 g/mol. The van der Waals surface area contributed by atoms with Crippen molar-refractivity contribution < 1.29 is 17.6 Å². The zero-order chi connectivity index (χ0) is 24.4. The summed E-state index contributed by atoms with van der Waals surface area (Å²) < 4.78 is 60.2. The minimum absolute atomic E-state index is 0.0149. The van der Waals surface area contributed by atoms with Crippen LogP contribution in [-0.2, 0) is 20.3 Å². The van der Waals surface area contributed by atoms with Crippen molar-refractivity contribution in [1.82, 2.24) is 24.9 Å². The number of anilines is 3. The first-order valence-electron chi connectivity index (χ1n) is 11.0. The van der Waals surface area contributed by atoms with E-state index in [-0.39, 0.29) is 28.8 Å². The van der Waals surface area contributed by atoms with E-state index in [1.807, 2.05) is 18.7 Å². The maximum absolute atomic E-state index is 14.5. The Hall–Kier alpha value is -3.34. The summed E-state index contributed by atoms with van der Waals surface area (Å²) in [6, 6.07) is 6.06. The van der Waals surface area contributed by atoms with Crippen LogP contribution in [0.2, 0.25) is 0 Å². The van der Waals surface area contributed by atoms with Gasteiger partial charge in [0, 0.05) is 62.2 Å². The van der Waals surface area contributed by atoms with Gasteiger partial charge in [0.15, 0.2) is 11.6 Å². The van der Waals surface area contributed by atoms with Crippen LogP contribution in [0.5, 0.6) is 0 Å². The fraction of sp³-hybridized carbons (Fsp3) is 0.391. The first-order chi connectivity index (χ1) is 16.0. The molecular formula is C23H25F4N7. The van der Waals surface area contributed by atoms with E-state index < -0.39 is 17.6 Å². The molecule has 2 N–H and O–H groups in total. The maximum atomic E-state index is 14.5. The quantitative estimate of drug-likeness (QED) is 0.426. The molecule has 5 rings (SSSR count). The molecule has 2 aromatic heterocycles. The largest absolute Gasteiger partial charge is 0.417 e. The lowest BCUT2D eigenvalue weighted by molar-refractivity contribution is -0.136. The molecule has 1 fully saturated rings. The van der Waals surface area contributed by atoms with Crippen LogP contribution in [0.4, 0.5) is 34.8 Å². The minimum atomic E-state index is -4.60. The van der Waals surface area contributed by atoms with Gasteiger partial charge in [0.05, 0.1) is 16.5 Å². The van der Waals surface area contributed by atoms with Gasteiger partial charge < -0.3 is 15.5 Å². The third-order valence-electron chi connectivity index (χ3n) is 6.11. The Balaban J connectivity index is 1.63. The van der Waals surface area contributed by atoms with Gasteiger partial charge in [0.25, 0.3) is 0 Å². The van der Waals surface area contributed by atoms with E-state index in [0.29, 0.717) is 35.4 Å². The summed E-state index contributed by atoms with van der Waals surface area (Å²) in [6.45, 7) is 5.22. The summed E-state index contributed by atoms with van der Waals surface area (Å²) in [5.74, 6) is -0.554. The summed E-state index contributed by atoms with van der Waals surface area (Å²) in [5, 5.41) is 15.2. The van der Waals surface area contributed by atoms with Crippen LogP contribution >= 0.6 is 0 Å². The van der Waals surface area contributed by atoms with Gasteiger partial charge >= 0.3 is 6.18 Å². The number of aryl methyl sites for hydroxylation is 2. The van der Waals surface area contributed by atoms with Crippen LogP contribution in [-0.4, -0.2) is 44.7 Å². The first kappa shape index (κ1) is 22.5. The number of nitrogens with zero attached hydrogens (tertiary/aromatic N) is 5. The average molecular weight is 475 g/mol. The van der Waals surface area contributed by atoms with Crippen LogP contribution in [0.25, 0.3) is 21.8 Å². The fourth-order valence-corrected chi connectivity index (χ4v) is 4.82. The van der Waals surface area contributed by atoms with Gasteiger partial charge in [-0.05, 0) is 38.1 Å². The zero-order valence-corrected chi connectivity index (χ0v) is 19.2. The molecule has 0 amide bonds. The molecule has 11 heteroatoms. The predicted octanol–water partition coefficient (Wildman–Crippen LogP) is 4.55. The molecule has 34 heavy (non-hydrogen) atoms. The zero-order valence-electron chi connectivity index (χ0n) is 19.2. The van der Waals surface area contributed by atoms with Crippen molar-refractivity contribution in [3.05, 3.63) is 41.8 Å². The second-order valence-corrected chi connectivity index (χ2v) is 9.05. The number of alkyl halides is 3. The highest BCUT2D eigenvalue weighted by Crippen LogP contribution is 2.42. The van der Waals surface area contributed by atoms with Crippen LogP contribution in [0.1, 0.15) is 19.4 Å². The fourth-order valence-electron chi connectivity index (χ4n) is 4.82. The number of fused-ring (bicyclic) bond motifs is 2. The topological polar surface area (TPSA) is 62.9 Å². The number of aromatic nitrogens is 4. The van der Waals surface area contributed by atoms with Crippen molar-refractivity contribution in [2.45, 2.75) is 32.1 Å². The van der Waals surface area contributed by atoms with Crippen molar-refractivity contribution in [1.29, 1.82) is 0 Å². The van der Waals surface area contributed by atoms with Crippen molar-refractivity contribution >= 4 is 39.0 Å². The molecule has 2 atom stereocenters. The van der Waals surface area contributed by atoms with Crippen molar-refractivity contribution in [2.24, 2.45) is 14.1 Å². The molecule has 0 spiro atoms. The van der Waals surface area contributed by atoms with Crippen LogP contribution in [0.3, 0.4) is 0 Å². The molecule has 0 radical (unpaired) electrons. The van der Waals surface area contributed by atoms with E-state index in [9.17, 15) is 17.6 Å². The van der Waals surface area contributed by atoms with E-state index >= 15 is 0 Å². The van der Waals surface area contributed by atoms with Crippen LogP contribution in [0.15, 0.2) is 30.5 Å². The second kappa shape index (κ2) is 7.86. The number of benzene rings is 2. The molecule has 0 unspecified atom stereocenters. The lowest BCUT2D eigenvalue weighted by Gasteiger charge is -2.38. The van der Waals surface area contributed by atoms with Gasteiger partial charge in [-0.15, -0.1) is 0 Å². The van der Waals surface area contributed by atoms with E-state index in [0.717, 1.165) is 0 Å². The Morgan fingerprint density at radius 3 is 2.41 bits per heavy atom. The third kappa shape index (κ3) is 3.93. The molecule has 2 aromatic carbocycles. The number of piperazine rings is 1. The Kier molecular flexibility index (Phi) is 5.19. The van der Waals surface area contributed by atoms with Gasteiger partial charge in [-0.3, -0.25) is 9.36 Å². The van der Waals surface area contributed by atoms with Gasteiger partial charge in [0.1, 0.15) is 5.52 Å². The molecule has 1 saturated heterocycles. The molecule has 0 bridgehead atoms. The predicted molar refractivity (Wildman–Crippen MR) is 124 cm³/mol. The highest BCUT2D eigenvalue weighted by Gasteiger charge is 2.36. The first-order valence-corrected chi connectivity index (χ1v) is 11.0. The SMILES string of the molecule is C[C@H]1CN(c2cc(C(F)(F)F)c3c(Nc4cc(F)c5nn(C)cc5c4)nn(C)c3c2)C[C@H](C)N1. The lowest BCUT2D eigenvalue weighted by Crippen LogP contribution is -2.54. The van der Waals surface area contributed by atoms with Gasteiger partial charge in [-0.2, -0.15) is 23.4 Å². The molecule has 4 aromatic rings. The molecule has 1 aliphatic heterocycles. The van der Waals surface area contributed by atoms with Gasteiger partial charge in [-0.1, -0.05) is 0 Å². The van der Waals surface area contributed by atoms with Crippen molar-refractivity contribution in [2.75, 3.05) is 23.3 Å². The monoisotopic (exact) mass is 475 g/mol. The number of hydrogen-bond donors (Lipinski definition) is 2. The number of hydrogen-bond acceptors (Lipinski definition) is 5. The number of nitrogens with one attached hydrogen (secondary N) is 2. The maximum Gasteiger partial charge on any atom is 0.417 e. The van der Waals surface area contributed by atoms with E-state index in [2.05, 4.69) is 20.8 Å². The summed E-state index contributed by atoms with van der Waals surface area (Å²) in [4.78, 5) is 1.96. The smallest absolute Gasteiger partial charge is 0.368 e. The average Bonchev–Trinajstić information content (AvgIpc) is 3.25. The highest BCUT2D eigenvalue weighted by molar-refractivity contribution is 5.98. The Bertz CT molecular complexity index is 1380. The Morgan fingerprint density at radius 1 is 1.03 bits per heavy atom. The Labute approximate surface area is 193 Å². The third-order valence-corrected chi connectivity index (χ3v) is 6.11. The van der Waals surface area contributed by atoms with E-state index in [1.165, 1.54) is 21.5 Å². The normalized spacial score (nSPS) is 19.4. The summed E-state index contributed by atoms with van der Waals surface area (Å²) in [7, 11) is 3.28. The van der Waals surface area contributed by atoms with Gasteiger partial charge in [-0.25, -0.2) is 4.39 Å². The molecule has 0 aliphatic carbocycles. The number of rotatable bonds is 3. The minimum Gasteiger partial charge on any atom is -0.368 e. The van der Waals surface area contributed by atoms with Crippen LogP contribution < -0.4 is 15.5 Å². The highest BCUT2D eigenvalue weighted by atomic mass is 19.4. The van der Waals surface area contributed by atoms with Crippen molar-refractivity contribution in [3.8, 4) is 0 Å². The molecule has 1 aliphatic rings. The molecule has 0 saturated carbocycles. The molecule has 180 valence electrons. The van der Waals surface area contributed by atoms with E-state index in [1.54, 1.807) is 32.4 Å². The summed E-state index contributed by atoms with van der Waals surface area (Å²) >= 11 is 0.